The van der Waals surface area contributed by atoms with Crippen LogP contribution in [-0.2, 0) is 0 Å². The Labute approximate surface area is 84.4 Å². The molecule has 0 radical (unpaired) electrons. The molecular formula is C11H16N2O. The Balaban J connectivity index is 2.34. The molecule has 1 heterocycles. The van der Waals surface area contributed by atoms with Crippen molar-refractivity contribution < 1.29 is 5.11 Å². The predicted molar refractivity (Wildman–Crippen MR) is 59.0 cm³/mol. The van der Waals surface area contributed by atoms with E-state index in [-0.39, 0.29) is 6.61 Å². The van der Waals surface area contributed by atoms with E-state index in [2.05, 4.69) is 35.3 Å². The molecule has 76 valence electrons. The maximum Gasteiger partial charge on any atom is 0.0608 e. The first-order valence-electron chi connectivity index (χ1n) is 5.02. The highest BCUT2D eigenvalue weighted by Crippen LogP contribution is 2.31. The number of rotatable bonds is 2. The number of para-hydroxylation sites is 1. The number of fused-ring (bicyclic) bond motifs is 1. The maximum atomic E-state index is 8.95. The number of hydrogen-bond acceptors (Lipinski definition) is 3. The molecule has 3 nitrogen and oxygen atoms in total. The van der Waals surface area contributed by atoms with Crippen LogP contribution in [0.3, 0.4) is 0 Å². The minimum Gasteiger partial charge on any atom is -0.395 e. The summed E-state index contributed by atoms with van der Waals surface area (Å²) in [7, 11) is 0. The minimum atomic E-state index is 0.216. The molecule has 1 aromatic rings. The second-order valence-electron chi connectivity index (χ2n) is 3.61. The Kier molecular flexibility index (Phi) is 2.59. The van der Waals surface area contributed by atoms with Crippen LogP contribution >= 0.6 is 0 Å². The Hall–Kier alpha value is -1.22. The van der Waals surface area contributed by atoms with Crippen molar-refractivity contribution in [1.82, 2.24) is 0 Å². The average Bonchev–Trinajstić information content (AvgIpc) is 2.20. The Morgan fingerprint density at radius 2 is 2.36 bits per heavy atom. The van der Waals surface area contributed by atoms with Gasteiger partial charge in [0, 0.05) is 19.6 Å². The lowest BCUT2D eigenvalue weighted by Crippen LogP contribution is -2.36. The van der Waals surface area contributed by atoms with Gasteiger partial charge in [-0.05, 0) is 18.6 Å². The molecule has 0 aromatic heterocycles. The molecule has 0 unspecified atom stereocenters. The lowest BCUT2D eigenvalue weighted by atomic mass is 10.1. The fourth-order valence-corrected chi connectivity index (χ4v) is 1.94. The third-order valence-corrected chi connectivity index (χ3v) is 2.64. The van der Waals surface area contributed by atoms with Crippen LogP contribution in [-0.4, -0.2) is 31.3 Å². The molecule has 2 N–H and O–H groups in total. The standard InChI is InChI=1S/C11H16N2O/c1-9-3-2-4-10-11(9)12-5-6-13(10)7-8-14/h2-4,12,14H,5-8H2,1H3. The first kappa shape index (κ1) is 9.34. The van der Waals surface area contributed by atoms with Gasteiger partial charge in [-0.2, -0.15) is 0 Å². The molecule has 2 rings (SSSR count). The molecule has 14 heavy (non-hydrogen) atoms. The van der Waals surface area contributed by atoms with Gasteiger partial charge < -0.3 is 15.3 Å². The highest BCUT2D eigenvalue weighted by molar-refractivity contribution is 5.75. The Morgan fingerprint density at radius 3 is 3.14 bits per heavy atom. The molecule has 0 saturated heterocycles. The third-order valence-electron chi connectivity index (χ3n) is 2.64. The van der Waals surface area contributed by atoms with Crippen LogP contribution in [0.25, 0.3) is 0 Å². The molecule has 0 fully saturated rings. The van der Waals surface area contributed by atoms with E-state index in [9.17, 15) is 0 Å². The van der Waals surface area contributed by atoms with Gasteiger partial charge in [0.1, 0.15) is 0 Å². The monoisotopic (exact) mass is 192 g/mol. The molecule has 0 atom stereocenters. The highest BCUT2D eigenvalue weighted by atomic mass is 16.3. The van der Waals surface area contributed by atoms with Gasteiger partial charge in [0.05, 0.1) is 18.0 Å². The summed E-state index contributed by atoms with van der Waals surface area (Å²) in [6.07, 6.45) is 0. The summed E-state index contributed by atoms with van der Waals surface area (Å²) < 4.78 is 0. The topological polar surface area (TPSA) is 35.5 Å². The van der Waals surface area contributed by atoms with Crippen molar-refractivity contribution >= 4 is 11.4 Å². The Morgan fingerprint density at radius 1 is 1.50 bits per heavy atom. The molecular weight excluding hydrogens is 176 g/mol. The van der Waals surface area contributed by atoms with Gasteiger partial charge in [0.2, 0.25) is 0 Å². The molecule has 0 saturated carbocycles. The zero-order valence-corrected chi connectivity index (χ0v) is 8.45. The van der Waals surface area contributed by atoms with E-state index in [4.69, 9.17) is 5.11 Å². The number of anilines is 2. The van der Waals surface area contributed by atoms with Crippen molar-refractivity contribution in [3.05, 3.63) is 23.8 Å². The summed E-state index contributed by atoms with van der Waals surface area (Å²) in [4.78, 5) is 2.22. The van der Waals surface area contributed by atoms with Crippen molar-refractivity contribution in [2.45, 2.75) is 6.92 Å². The number of aryl methyl sites for hydroxylation is 1. The second-order valence-corrected chi connectivity index (χ2v) is 3.61. The fraction of sp³-hybridized carbons (Fsp3) is 0.455. The first-order chi connectivity index (χ1) is 6.83. The quantitative estimate of drug-likeness (QED) is 0.739. The number of hydrogen-bond donors (Lipinski definition) is 2. The molecule has 1 aliphatic rings. The molecule has 0 bridgehead atoms. The minimum absolute atomic E-state index is 0.216. The van der Waals surface area contributed by atoms with Gasteiger partial charge in [-0.25, -0.2) is 0 Å². The third kappa shape index (κ3) is 1.55. The number of nitrogens with one attached hydrogen (secondary N) is 1. The largest absolute Gasteiger partial charge is 0.395 e. The normalized spacial score (nSPS) is 14.9. The van der Waals surface area contributed by atoms with E-state index >= 15 is 0 Å². The SMILES string of the molecule is Cc1cccc2c1NCCN2CCO. The van der Waals surface area contributed by atoms with Crippen LogP contribution in [0.4, 0.5) is 11.4 Å². The van der Waals surface area contributed by atoms with Crippen molar-refractivity contribution in [3.63, 3.8) is 0 Å². The molecule has 3 heteroatoms. The second kappa shape index (κ2) is 3.88. The van der Waals surface area contributed by atoms with Crippen molar-refractivity contribution in [2.24, 2.45) is 0 Å². The van der Waals surface area contributed by atoms with E-state index < -0.39 is 0 Å². The lowest BCUT2D eigenvalue weighted by Gasteiger charge is -2.32. The summed E-state index contributed by atoms with van der Waals surface area (Å²) in [6, 6.07) is 6.27. The first-order valence-corrected chi connectivity index (χ1v) is 5.02. The van der Waals surface area contributed by atoms with E-state index in [0.717, 1.165) is 19.6 Å². The average molecular weight is 192 g/mol. The number of aliphatic hydroxyl groups excluding tert-OH is 1. The molecule has 1 aliphatic heterocycles. The van der Waals surface area contributed by atoms with Crippen LogP contribution in [0.2, 0.25) is 0 Å². The zero-order chi connectivity index (χ0) is 9.97. The van der Waals surface area contributed by atoms with E-state index in [1.54, 1.807) is 0 Å². The Bertz CT molecular complexity index is 325. The van der Waals surface area contributed by atoms with Gasteiger partial charge in [0.15, 0.2) is 0 Å². The highest BCUT2D eigenvalue weighted by Gasteiger charge is 2.16. The van der Waals surface area contributed by atoms with Crippen LogP contribution in [0.1, 0.15) is 5.56 Å². The summed E-state index contributed by atoms with van der Waals surface area (Å²) in [6.45, 7) is 4.97. The van der Waals surface area contributed by atoms with Gasteiger partial charge in [-0.1, -0.05) is 12.1 Å². The summed E-state index contributed by atoms with van der Waals surface area (Å²) >= 11 is 0. The smallest absolute Gasteiger partial charge is 0.0608 e. The summed E-state index contributed by atoms with van der Waals surface area (Å²) in [5.74, 6) is 0. The van der Waals surface area contributed by atoms with Crippen LogP contribution in [0.5, 0.6) is 0 Å². The van der Waals surface area contributed by atoms with Gasteiger partial charge in [0.25, 0.3) is 0 Å². The van der Waals surface area contributed by atoms with Gasteiger partial charge in [-0.15, -0.1) is 0 Å². The van der Waals surface area contributed by atoms with Crippen LogP contribution in [0.15, 0.2) is 18.2 Å². The van der Waals surface area contributed by atoms with Gasteiger partial charge >= 0.3 is 0 Å². The number of aliphatic hydroxyl groups is 1. The van der Waals surface area contributed by atoms with Gasteiger partial charge in [-0.3, -0.25) is 0 Å². The molecule has 0 amide bonds. The summed E-state index contributed by atoms with van der Waals surface area (Å²) in [5.41, 5.74) is 3.70. The maximum absolute atomic E-state index is 8.95. The van der Waals surface area contributed by atoms with E-state index in [1.165, 1.54) is 16.9 Å². The summed E-state index contributed by atoms with van der Waals surface area (Å²) in [5, 5.41) is 12.3. The van der Waals surface area contributed by atoms with E-state index in [1.807, 2.05) is 0 Å². The van der Waals surface area contributed by atoms with E-state index in [0.29, 0.717) is 0 Å². The van der Waals surface area contributed by atoms with Crippen molar-refractivity contribution in [1.29, 1.82) is 0 Å². The number of β-amino-alcohol motifs (C(OH)–C–C–N with tert-alkyl or cyclic N) is 1. The van der Waals surface area contributed by atoms with Crippen molar-refractivity contribution in [3.8, 4) is 0 Å². The lowest BCUT2D eigenvalue weighted by molar-refractivity contribution is 0.302. The number of benzene rings is 1. The zero-order valence-electron chi connectivity index (χ0n) is 8.45. The molecule has 1 aromatic carbocycles. The van der Waals surface area contributed by atoms with Crippen molar-refractivity contribution in [2.75, 3.05) is 36.5 Å². The van der Waals surface area contributed by atoms with Crippen LogP contribution in [0, 0.1) is 6.92 Å². The molecule has 0 aliphatic carbocycles. The number of nitrogens with zero attached hydrogens (tertiary/aromatic N) is 1. The molecule has 0 spiro atoms. The predicted octanol–water partition coefficient (Wildman–Crippen LogP) is 1.22. The fourth-order valence-electron chi connectivity index (χ4n) is 1.94. The van der Waals surface area contributed by atoms with Crippen LogP contribution < -0.4 is 10.2 Å².